The van der Waals surface area contributed by atoms with Crippen molar-refractivity contribution in [3.63, 3.8) is 0 Å². The molecule has 0 radical (unpaired) electrons. The van der Waals surface area contributed by atoms with Crippen LogP contribution in [0.4, 0.5) is 4.79 Å². The van der Waals surface area contributed by atoms with Gasteiger partial charge in [-0.15, -0.1) is 0 Å². The highest BCUT2D eigenvalue weighted by Gasteiger charge is 2.19. The number of nitrogens with one attached hydrogen (secondary N) is 3. The zero-order valence-corrected chi connectivity index (χ0v) is 14.8. The van der Waals surface area contributed by atoms with Gasteiger partial charge in [0.2, 0.25) is 0 Å². The molecular weight excluding hydrogens is 298 g/mol. The third-order valence-electron chi connectivity index (χ3n) is 3.04. The summed E-state index contributed by atoms with van der Waals surface area (Å²) < 4.78 is 10.6. The molecule has 0 aromatic heterocycles. The van der Waals surface area contributed by atoms with Crippen LogP contribution in [0.25, 0.3) is 0 Å². The number of hydrogen-bond donors (Lipinski definition) is 3. The van der Waals surface area contributed by atoms with Crippen molar-refractivity contribution >= 4 is 11.8 Å². The SMILES string of the molecule is CCCOCCCC(=O)C(CNC)NC(=O)NCCOCCC. The molecule has 2 amide bonds. The summed E-state index contributed by atoms with van der Waals surface area (Å²) in [6, 6.07) is -0.872. The Morgan fingerprint density at radius 2 is 1.65 bits per heavy atom. The van der Waals surface area contributed by atoms with E-state index in [9.17, 15) is 9.59 Å². The highest BCUT2D eigenvalue weighted by Crippen LogP contribution is 1.98. The highest BCUT2D eigenvalue weighted by atomic mass is 16.5. The summed E-state index contributed by atoms with van der Waals surface area (Å²) in [5.74, 6) is 0.0110. The topological polar surface area (TPSA) is 88.7 Å². The van der Waals surface area contributed by atoms with E-state index in [1.807, 2.05) is 13.8 Å². The molecule has 7 nitrogen and oxygen atoms in total. The minimum atomic E-state index is -0.525. The number of likely N-dealkylation sites (N-methyl/N-ethyl adjacent to an activating group) is 1. The van der Waals surface area contributed by atoms with Crippen molar-refractivity contribution in [3.8, 4) is 0 Å². The Labute approximate surface area is 139 Å². The van der Waals surface area contributed by atoms with Gasteiger partial charge in [0.05, 0.1) is 6.61 Å². The fourth-order valence-electron chi connectivity index (χ4n) is 1.91. The second-order valence-electron chi connectivity index (χ2n) is 5.31. The number of urea groups is 1. The Morgan fingerprint density at radius 1 is 1.00 bits per heavy atom. The monoisotopic (exact) mass is 331 g/mol. The fourth-order valence-corrected chi connectivity index (χ4v) is 1.91. The number of Topliss-reactive ketones (excluding diaryl/α,β-unsaturated/α-hetero) is 1. The zero-order chi connectivity index (χ0) is 17.3. The molecule has 0 saturated heterocycles. The lowest BCUT2D eigenvalue weighted by Gasteiger charge is -2.18. The first kappa shape index (κ1) is 21.8. The van der Waals surface area contributed by atoms with Crippen molar-refractivity contribution in [1.82, 2.24) is 16.0 Å². The molecule has 0 aliphatic rings. The summed E-state index contributed by atoms with van der Waals surface area (Å²) in [5, 5.41) is 8.32. The molecule has 0 aromatic carbocycles. The summed E-state index contributed by atoms with van der Waals surface area (Å²) in [6.07, 6.45) is 3.00. The van der Waals surface area contributed by atoms with Crippen molar-refractivity contribution < 1.29 is 19.1 Å². The van der Waals surface area contributed by atoms with E-state index in [0.717, 1.165) is 19.4 Å². The van der Waals surface area contributed by atoms with Gasteiger partial charge < -0.3 is 25.4 Å². The summed E-state index contributed by atoms with van der Waals surface area (Å²) in [6.45, 7) is 7.36. The van der Waals surface area contributed by atoms with Crippen LogP contribution < -0.4 is 16.0 Å². The van der Waals surface area contributed by atoms with E-state index in [-0.39, 0.29) is 11.8 Å². The third-order valence-corrected chi connectivity index (χ3v) is 3.04. The van der Waals surface area contributed by atoms with Gasteiger partial charge in [0.15, 0.2) is 5.78 Å². The molecule has 0 aliphatic carbocycles. The molecule has 0 saturated carbocycles. The molecule has 3 N–H and O–H groups in total. The molecule has 1 unspecified atom stereocenters. The quantitative estimate of drug-likeness (QED) is 0.391. The van der Waals surface area contributed by atoms with Gasteiger partial charge in [-0.25, -0.2) is 4.79 Å². The fraction of sp³-hybridized carbons (Fsp3) is 0.875. The summed E-state index contributed by atoms with van der Waals surface area (Å²) in [7, 11) is 1.75. The molecule has 0 aliphatic heterocycles. The first-order valence-electron chi connectivity index (χ1n) is 8.52. The van der Waals surface area contributed by atoms with Crippen LogP contribution in [0.2, 0.25) is 0 Å². The van der Waals surface area contributed by atoms with Crippen molar-refractivity contribution in [2.75, 3.05) is 46.6 Å². The Hall–Kier alpha value is -1.18. The number of hydrogen-bond acceptors (Lipinski definition) is 5. The number of ketones is 1. The third kappa shape index (κ3) is 13.0. The predicted octanol–water partition coefficient (Wildman–Crippen LogP) is 1.08. The largest absolute Gasteiger partial charge is 0.381 e. The second kappa shape index (κ2) is 15.7. The molecule has 0 spiro atoms. The molecule has 0 fully saturated rings. The molecular formula is C16H33N3O4. The average Bonchev–Trinajstić information content (AvgIpc) is 2.54. The maximum Gasteiger partial charge on any atom is 0.315 e. The van der Waals surface area contributed by atoms with E-state index in [4.69, 9.17) is 9.47 Å². The molecule has 23 heavy (non-hydrogen) atoms. The van der Waals surface area contributed by atoms with Crippen molar-refractivity contribution in [2.45, 2.75) is 45.6 Å². The maximum absolute atomic E-state index is 12.2. The molecule has 0 rings (SSSR count). The van der Waals surface area contributed by atoms with Crippen LogP contribution in [0.1, 0.15) is 39.5 Å². The molecule has 7 heteroatoms. The highest BCUT2D eigenvalue weighted by molar-refractivity contribution is 5.88. The van der Waals surface area contributed by atoms with Crippen LogP contribution in [0.5, 0.6) is 0 Å². The summed E-state index contributed by atoms with van der Waals surface area (Å²) in [5.41, 5.74) is 0. The molecule has 0 aromatic rings. The Morgan fingerprint density at radius 3 is 2.26 bits per heavy atom. The normalized spacial score (nSPS) is 12.0. The first-order chi connectivity index (χ1) is 11.2. The number of amides is 2. The first-order valence-corrected chi connectivity index (χ1v) is 8.52. The summed E-state index contributed by atoms with van der Waals surface area (Å²) >= 11 is 0. The minimum Gasteiger partial charge on any atom is -0.381 e. The Kier molecular flexibility index (Phi) is 14.9. The van der Waals surface area contributed by atoms with Crippen LogP contribution in [0.15, 0.2) is 0 Å². The smallest absolute Gasteiger partial charge is 0.315 e. The van der Waals surface area contributed by atoms with Crippen LogP contribution >= 0.6 is 0 Å². The number of rotatable bonds is 15. The number of carbonyl (C=O) groups is 2. The lowest BCUT2D eigenvalue weighted by Crippen LogP contribution is -2.50. The van der Waals surface area contributed by atoms with E-state index in [1.54, 1.807) is 7.05 Å². The van der Waals surface area contributed by atoms with Crippen LogP contribution in [0, 0.1) is 0 Å². The van der Waals surface area contributed by atoms with Gasteiger partial charge in [-0.2, -0.15) is 0 Å². The van der Waals surface area contributed by atoms with Gasteiger partial charge in [-0.3, -0.25) is 4.79 Å². The van der Waals surface area contributed by atoms with E-state index in [1.165, 1.54) is 0 Å². The number of ether oxygens (including phenoxy) is 2. The van der Waals surface area contributed by atoms with E-state index >= 15 is 0 Å². The standard InChI is InChI=1S/C16H33N3O4/c1-4-9-22-11-6-7-15(20)14(13-17-3)19-16(21)18-8-12-23-10-5-2/h14,17H,4-13H2,1-3H3,(H2,18,19,21). The van der Waals surface area contributed by atoms with Crippen molar-refractivity contribution in [1.29, 1.82) is 0 Å². The van der Waals surface area contributed by atoms with Gasteiger partial charge >= 0.3 is 6.03 Å². The van der Waals surface area contributed by atoms with Crippen LogP contribution in [-0.4, -0.2) is 64.4 Å². The van der Waals surface area contributed by atoms with Crippen molar-refractivity contribution in [2.24, 2.45) is 0 Å². The molecule has 0 heterocycles. The second-order valence-corrected chi connectivity index (χ2v) is 5.31. The number of carbonyl (C=O) groups excluding carboxylic acids is 2. The van der Waals surface area contributed by atoms with Gasteiger partial charge in [0.1, 0.15) is 6.04 Å². The zero-order valence-electron chi connectivity index (χ0n) is 14.8. The molecule has 1 atom stereocenters. The summed E-state index contributed by atoms with van der Waals surface area (Å²) in [4.78, 5) is 24.0. The predicted molar refractivity (Wildman–Crippen MR) is 90.7 cm³/mol. The van der Waals surface area contributed by atoms with E-state index in [2.05, 4.69) is 16.0 Å². The van der Waals surface area contributed by atoms with Crippen LogP contribution in [0.3, 0.4) is 0 Å². The van der Waals surface area contributed by atoms with E-state index in [0.29, 0.717) is 45.8 Å². The molecule has 0 bridgehead atoms. The maximum atomic E-state index is 12.2. The van der Waals surface area contributed by atoms with Gasteiger partial charge in [0, 0.05) is 39.3 Å². The lowest BCUT2D eigenvalue weighted by molar-refractivity contribution is -0.121. The average molecular weight is 331 g/mol. The van der Waals surface area contributed by atoms with Crippen LogP contribution in [-0.2, 0) is 14.3 Å². The van der Waals surface area contributed by atoms with Crippen molar-refractivity contribution in [3.05, 3.63) is 0 Å². The Balaban J connectivity index is 3.97. The van der Waals surface area contributed by atoms with Gasteiger partial charge in [0.25, 0.3) is 0 Å². The Bertz CT molecular complexity index is 314. The molecule has 136 valence electrons. The van der Waals surface area contributed by atoms with E-state index < -0.39 is 6.04 Å². The minimum absolute atomic E-state index is 0.0110. The van der Waals surface area contributed by atoms with Gasteiger partial charge in [-0.05, 0) is 26.3 Å². The lowest BCUT2D eigenvalue weighted by atomic mass is 10.1. The van der Waals surface area contributed by atoms with Gasteiger partial charge in [-0.1, -0.05) is 13.8 Å².